The minimum absolute atomic E-state index is 0.240. The first-order valence-corrected chi connectivity index (χ1v) is 7.04. The summed E-state index contributed by atoms with van der Waals surface area (Å²) in [6, 6.07) is 19.3. The van der Waals surface area contributed by atoms with Crippen LogP contribution in [0.1, 0.15) is 5.56 Å². The molecule has 1 N–H and O–H groups in total. The van der Waals surface area contributed by atoms with Crippen molar-refractivity contribution in [3.05, 3.63) is 70.7 Å². The number of rotatable bonds is 2. The largest absolute Gasteiger partial charge is 0.507 e. The van der Waals surface area contributed by atoms with Gasteiger partial charge in [0.05, 0.1) is 5.69 Å². The van der Waals surface area contributed by atoms with Crippen molar-refractivity contribution < 1.29 is 5.11 Å². The van der Waals surface area contributed by atoms with Gasteiger partial charge in [-0.2, -0.15) is 0 Å². The number of hydrogen-bond acceptors (Lipinski definition) is 2. The summed E-state index contributed by atoms with van der Waals surface area (Å²) in [5.74, 6) is 0.240. The quantitative estimate of drug-likeness (QED) is 0.656. The highest BCUT2D eigenvalue weighted by atomic mass is 79.9. The molecule has 0 saturated carbocycles. The third kappa shape index (κ3) is 2.58. The second kappa shape index (κ2) is 5.47. The summed E-state index contributed by atoms with van der Waals surface area (Å²) in [4.78, 5) is 4.42. The van der Waals surface area contributed by atoms with Gasteiger partial charge in [-0.25, -0.2) is 0 Å². The van der Waals surface area contributed by atoms with Gasteiger partial charge in [0.2, 0.25) is 0 Å². The molecule has 0 fully saturated rings. The lowest BCUT2D eigenvalue weighted by atomic mass is 10.0. The van der Waals surface area contributed by atoms with E-state index in [1.54, 1.807) is 12.3 Å². The first kappa shape index (κ1) is 12.9. The average molecular weight is 326 g/mol. The second-order valence-electron chi connectivity index (χ2n) is 4.45. The highest BCUT2D eigenvalue weighted by molar-refractivity contribution is 9.10. The Kier molecular flexibility index (Phi) is 3.52. The van der Waals surface area contributed by atoms with Gasteiger partial charge in [-0.3, -0.25) is 4.99 Å². The zero-order valence-corrected chi connectivity index (χ0v) is 12.2. The van der Waals surface area contributed by atoms with E-state index in [1.165, 1.54) is 0 Å². The number of phenolic OH excluding ortho intramolecular Hbond substituents is 1. The molecular formula is C17H12BrNO. The maximum Gasteiger partial charge on any atom is 0.124 e. The number of halogens is 1. The summed E-state index contributed by atoms with van der Waals surface area (Å²) >= 11 is 3.39. The van der Waals surface area contributed by atoms with Crippen LogP contribution < -0.4 is 0 Å². The molecule has 0 unspecified atom stereocenters. The summed E-state index contributed by atoms with van der Waals surface area (Å²) in [5.41, 5.74) is 1.59. The Hall–Kier alpha value is -2.13. The van der Waals surface area contributed by atoms with Crippen LogP contribution in [0.2, 0.25) is 0 Å². The van der Waals surface area contributed by atoms with Crippen LogP contribution in [-0.4, -0.2) is 11.3 Å². The van der Waals surface area contributed by atoms with Gasteiger partial charge in [-0.15, -0.1) is 0 Å². The molecule has 0 heterocycles. The number of nitrogens with zero attached hydrogens (tertiary/aromatic N) is 1. The van der Waals surface area contributed by atoms with E-state index in [-0.39, 0.29) is 5.75 Å². The van der Waals surface area contributed by atoms with Crippen LogP contribution in [0.5, 0.6) is 5.75 Å². The number of aliphatic imine (C=N–C) groups is 1. The smallest absolute Gasteiger partial charge is 0.124 e. The lowest BCUT2D eigenvalue weighted by Gasteiger charge is -2.04. The van der Waals surface area contributed by atoms with E-state index in [9.17, 15) is 5.11 Å². The molecule has 0 amide bonds. The molecule has 0 bridgehead atoms. The molecule has 3 aromatic carbocycles. The number of fused-ring (bicyclic) bond motifs is 1. The van der Waals surface area contributed by atoms with Crippen LogP contribution in [0.4, 0.5) is 5.69 Å². The van der Waals surface area contributed by atoms with Crippen molar-refractivity contribution in [1.82, 2.24) is 0 Å². The van der Waals surface area contributed by atoms with Crippen molar-refractivity contribution in [3.8, 4) is 5.75 Å². The normalized spacial score (nSPS) is 11.2. The van der Waals surface area contributed by atoms with Gasteiger partial charge >= 0.3 is 0 Å². The van der Waals surface area contributed by atoms with Gasteiger partial charge in [-0.05, 0) is 41.1 Å². The van der Waals surface area contributed by atoms with Crippen LogP contribution in [0.15, 0.2) is 70.1 Å². The fraction of sp³-hybridized carbons (Fsp3) is 0. The lowest BCUT2D eigenvalue weighted by molar-refractivity contribution is 0.475. The number of benzene rings is 3. The maximum atomic E-state index is 10.0. The van der Waals surface area contributed by atoms with Gasteiger partial charge in [0, 0.05) is 16.3 Å². The predicted molar refractivity (Wildman–Crippen MR) is 87.0 cm³/mol. The third-order valence-corrected chi connectivity index (χ3v) is 3.65. The van der Waals surface area contributed by atoms with Crippen molar-refractivity contribution in [1.29, 1.82) is 0 Å². The minimum Gasteiger partial charge on any atom is -0.507 e. The van der Waals surface area contributed by atoms with Crippen molar-refractivity contribution in [3.63, 3.8) is 0 Å². The van der Waals surface area contributed by atoms with Gasteiger partial charge in [0.1, 0.15) is 5.75 Å². The number of phenols is 1. The minimum atomic E-state index is 0.240. The zero-order chi connectivity index (χ0) is 13.9. The van der Waals surface area contributed by atoms with Gasteiger partial charge < -0.3 is 5.11 Å². The molecule has 0 radical (unpaired) electrons. The molecule has 2 nitrogen and oxygen atoms in total. The number of hydrogen-bond donors (Lipinski definition) is 1. The molecule has 3 heteroatoms. The maximum absolute atomic E-state index is 10.0. The molecule has 0 aromatic heterocycles. The first-order chi connectivity index (χ1) is 9.74. The third-order valence-electron chi connectivity index (χ3n) is 3.12. The first-order valence-electron chi connectivity index (χ1n) is 6.24. The Bertz CT molecular complexity index is 779. The standard InChI is InChI=1S/C17H12BrNO/c18-13-6-8-14(9-7-13)19-11-16-15-4-2-1-3-12(15)5-10-17(16)20/h1-11,20H. The van der Waals surface area contributed by atoms with Crippen LogP contribution in [-0.2, 0) is 0 Å². The molecular weight excluding hydrogens is 314 g/mol. The van der Waals surface area contributed by atoms with Crippen molar-refractivity contribution in [2.75, 3.05) is 0 Å². The topological polar surface area (TPSA) is 32.6 Å². The summed E-state index contributed by atoms with van der Waals surface area (Å²) in [6.45, 7) is 0. The van der Waals surface area contributed by atoms with Crippen LogP contribution in [0.3, 0.4) is 0 Å². The summed E-state index contributed by atoms with van der Waals surface area (Å²) in [7, 11) is 0. The fourth-order valence-corrected chi connectivity index (χ4v) is 2.35. The van der Waals surface area contributed by atoms with Crippen LogP contribution in [0.25, 0.3) is 10.8 Å². The van der Waals surface area contributed by atoms with Crippen molar-refractivity contribution >= 4 is 38.6 Å². The monoisotopic (exact) mass is 325 g/mol. The van der Waals surface area contributed by atoms with E-state index < -0.39 is 0 Å². The number of aromatic hydroxyl groups is 1. The SMILES string of the molecule is Oc1ccc2ccccc2c1C=Nc1ccc(Br)cc1. The lowest BCUT2D eigenvalue weighted by Crippen LogP contribution is -1.85. The molecule has 3 rings (SSSR count). The molecule has 98 valence electrons. The zero-order valence-electron chi connectivity index (χ0n) is 10.6. The molecule has 0 aliphatic rings. The van der Waals surface area contributed by atoms with Gasteiger partial charge in [0.25, 0.3) is 0 Å². The summed E-state index contributed by atoms with van der Waals surface area (Å²) in [6.07, 6.45) is 1.71. The van der Waals surface area contributed by atoms with Gasteiger partial charge in [0.15, 0.2) is 0 Å². The highest BCUT2D eigenvalue weighted by Gasteiger charge is 2.03. The van der Waals surface area contributed by atoms with E-state index in [1.807, 2.05) is 54.6 Å². The Labute approximate surface area is 125 Å². The Balaban J connectivity index is 2.06. The van der Waals surface area contributed by atoms with Gasteiger partial charge in [-0.1, -0.05) is 46.3 Å². The fourth-order valence-electron chi connectivity index (χ4n) is 2.09. The van der Waals surface area contributed by atoms with E-state index in [2.05, 4.69) is 20.9 Å². The van der Waals surface area contributed by atoms with Crippen molar-refractivity contribution in [2.45, 2.75) is 0 Å². The molecule has 0 saturated heterocycles. The Morgan fingerprint density at radius 3 is 2.45 bits per heavy atom. The molecule has 3 aromatic rings. The van der Waals surface area contributed by atoms with E-state index >= 15 is 0 Å². The summed E-state index contributed by atoms with van der Waals surface area (Å²) < 4.78 is 1.02. The average Bonchev–Trinajstić information content (AvgIpc) is 2.48. The summed E-state index contributed by atoms with van der Waals surface area (Å²) in [5, 5.41) is 12.1. The molecule has 0 aliphatic carbocycles. The van der Waals surface area contributed by atoms with Crippen molar-refractivity contribution in [2.24, 2.45) is 4.99 Å². The van der Waals surface area contributed by atoms with E-state index in [0.29, 0.717) is 0 Å². The predicted octanol–water partition coefficient (Wildman–Crippen LogP) is 5.06. The van der Waals surface area contributed by atoms with Crippen LogP contribution >= 0.6 is 15.9 Å². The highest BCUT2D eigenvalue weighted by Crippen LogP contribution is 2.26. The molecule has 0 aliphatic heterocycles. The van der Waals surface area contributed by atoms with E-state index in [0.717, 1.165) is 26.5 Å². The Morgan fingerprint density at radius 1 is 0.900 bits per heavy atom. The molecule has 0 atom stereocenters. The Morgan fingerprint density at radius 2 is 1.65 bits per heavy atom. The molecule has 20 heavy (non-hydrogen) atoms. The molecule has 0 spiro atoms. The van der Waals surface area contributed by atoms with Crippen LogP contribution in [0, 0.1) is 0 Å². The second-order valence-corrected chi connectivity index (χ2v) is 5.37. The van der Waals surface area contributed by atoms with E-state index in [4.69, 9.17) is 0 Å².